The molecule has 0 saturated heterocycles. The molecule has 0 aliphatic heterocycles. The minimum absolute atomic E-state index is 0.0410. The second-order valence-corrected chi connectivity index (χ2v) is 6.68. The van der Waals surface area contributed by atoms with Crippen LogP contribution in [-0.4, -0.2) is 16.7 Å². The summed E-state index contributed by atoms with van der Waals surface area (Å²) in [5.41, 5.74) is 0.831. The van der Waals surface area contributed by atoms with Crippen LogP contribution >= 0.6 is 0 Å². The maximum atomic E-state index is 13.9. The number of carbonyl (C=O) groups is 2. The first-order valence-corrected chi connectivity index (χ1v) is 7.88. The Morgan fingerprint density at radius 3 is 2.71 bits per heavy atom. The molecule has 0 aromatic heterocycles. The predicted molar refractivity (Wildman–Crippen MR) is 89.1 cm³/mol. The molecule has 3 rings (SSSR count). The number of fused-ring (bicyclic) bond motifs is 1. The molecule has 1 aromatic carbocycles. The smallest absolute Gasteiger partial charge is 0.165 e. The minimum atomic E-state index is -0.988. The maximum Gasteiger partial charge on any atom is 0.165 e. The molecule has 0 bridgehead atoms. The summed E-state index contributed by atoms with van der Waals surface area (Å²) in [7, 11) is 0. The van der Waals surface area contributed by atoms with Crippen LogP contribution in [0.1, 0.15) is 31.7 Å². The first kappa shape index (κ1) is 16.4. The van der Waals surface area contributed by atoms with Gasteiger partial charge >= 0.3 is 0 Å². The van der Waals surface area contributed by atoms with Crippen molar-refractivity contribution in [2.45, 2.75) is 26.2 Å². The Bertz CT molecular complexity index is 818. The van der Waals surface area contributed by atoms with E-state index < -0.39 is 28.8 Å². The molecule has 4 heteroatoms. The Morgan fingerprint density at radius 1 is 1.38 bits per heavy atom. The molecule has 124 valence electrons. The molecule has 1 aromatic rings. The zero-order chi connectivity index (χ0) is 17.6. The summed E-state index contributed by atoms with van der Waals surface area (Å²) in [6.45, 7) is 7.23. The van der Waals surface area contributed by atoms with Crippen LogP contribution < -0.4 is 0 Å². The highest BCUT2D eigenvalue weighted by molar-refractivity contribution is 6.13. The van der Waals surface area contributed by atoms with Gasteiger partial charge in [-0.15, -0.1) is 0 Å². The highest BCUT2D eigenvalue weighted by Gasteiger charge is 2.54. The van der Waals surface area contributed by atoms with Gasteiger partial charge in [-0.25, -0.2) is 4.39 Å². The van der Waals surface area contributed by atoms with E-state index in [4.69, 9.17) is 0 Å². The molecule has 0 heterocycles. The van der Waals surface area contributed by atoms with Gasteiger partial charge in [0.25, 0.3) is 0 Å². The Kier molecular flexibility index (Phi) is 3.78. The largest absolute Gasteiger partial charge is 0.505 e. The van der Waals surface area contributed by atoms with Crippen molar-refractivity contribution >= 4 is 11.6 Å². The van der Waals surface area contributed by atoms with Gasteiger partial charge in [-0.2, -0.15) is 0 Å². The average molecular weight is 326 g/mol. The fraction of sp³-hybridized carbons (Fsp3) is 0.300. The van der Waals surface area contributed by atoms with Gasteiger partial charge in [-0.3, -0.25) is 9.59 Å². The summed E-state index contributed by atoms with van der Waals surface area (Å²) in [6, 6.07) is 4.10. The molecule has 0 amide bonds. The number of carbonyl (C=O) groups excluding carboxylic acids is 2. The summed E-state index contributed by atoms with van der Waals surface area (Å²) >= 11 is 0. The van der Waals surface area contributed by atoms with Crippen molar-refractivity contribution in [1.82, 2.24) is 0 Å². The quantitative estimate of drug-likeness (QED) is 0.898. The normalized spacial score (nSPS) is 29.6. The number of aromatic hydroxyl groups is 1. The lowest BCUT2D eigenvalue weighted by molar-refractivity contribution is -0.137. The number of Topliss-reactive ketones (excluding diaryl/α,β-unsaturated/α-hetero) is 1. The van der Waals surface area contributed by atoms with Gasteiger partial charge in [0.15, 0.2) is 23.1 Å². The number of rotatable bonds is 2. The van der Waals surface area contributed by atoms with Crippen LogP contribution in [-0.2, 0) is 9.59 Å². The van der Waals surface area contributed by atoms with Crippen molar-refractivity contribution in [3.05, 3.63) is 65.5 Å². The number of ketones is 2. The Hall–Kier alpha value is -2.49. The molecule has 0 radical (unpaired) electrons. The lowest BCUT2D eigenvalue weighted by atomic mass is 9.53. The van der Waals surface area contributed by atoms with Crippen molar-refractivity contribution in [3.63, 3.8) is 0 Å². The molecule has 3 atom stereocenters. The van der Waals surface area contributed by atoms with Crippen LogP contribution in [0.25, 0.3) is 0 Å². The second-order valence-electron chi connectivity index (χ2n) is 6.68. The summed E-state index contributed by atoms with van der Waals surface area (Å²) in [5, 5.41) is 9.45. The van der Waals surface area contributed by atoms with E-state index >= 15 is 0 Å². The molecule has 0 fully saturated rings. The maximum absolute atomic E-state index is 13.9. The zero-order valence-corrected chi connectivity index (χ0v) is 13.7. The van der Waals surface area contributed by atoms with Crippen LogP contribution in [0.5, 0.6) is 5.75 Å². The van der Waals surface area contributed by atoms with Crippen LogP contribution in [0.4, 0.5) is 4.39 Å². The molecule has 3 nitrogen and oxygen atoms in total. The first-order chi connectivity index (χ1) is 11.3. The van der Waals surface area contributed by atoms with E-state index in [0.29, 0.717) is 17.6 Å². The highest BCUT2D eigenvalue weighted by Crippen LogP contribution is 2.54. The molecule has 2 aliphatic carbocycles. The number of hydrogen-bond donors (Lipinski definition) is 1. The van der Waals surface area contributed by atoms with Crippen molar-refractivity contribution in [3.8, 4) is 5.75 Å². The number of allylic oxidation sites excluding steroid dienone is 5. The molecule has 2 aliphatic rings. The van der Waals surface area contributed by atoms with Gasteiger partial charge in [0.2, 0.25) is 0 Å². The third kappa shape index (κ3) is 2.17. The van der Waals surface area contributed by atoms with E-state index in [2.05, 4.69) is 6.58 Å². The van der Waals surface area contributed by atoms with Gasteiger partial charge in [0.05, 0.1) is 5.41 Å². The van der Waals surface area contributed by atoms with Gasteiger partial charge in [-0.05, 0) is 48.3 Å². The molecular weight excluding hydrogens is 307 g/mol. The number of halogens is 1. The van der Waals surface area contributed by atoms with E-state index in [9.17, 15) is 19.1 Å². The van der Waals surface area contributed by atoms with E-state index in [1.165, 1.54) is 18.2 Å². The van der Waals surface area contributed by atoms with Crippen LogP contribution in [0.15, 0.2) is 54.2 Å². The average Bonchev–Trinajstić information content (AvgIpc) is 2.55. The van der Waals surface area contributed by atoms with Crippen molar-refractivity contribution in [2.24, 2.45) is 11.3 Å². The lowest BCUT2D eigenvalue weighted by Gasteiger charge is -2.47. The third-order valence-corrected chi connectivity index (χ3v) is 5.37. The Morgan fingerprint density at radius 2 is 2.08 bits per heavy atom. The number of phenols is 1. The standard InChI is InChI=1S/C20H19FO3/c1-4-12-5-7-14-19(24)11(2)9-17(23)20(14,3)18(12)13-6-8-16(22)15(21)10-13/h4-6,8-10,14,18,22H,1,7H2,2-3H3. The lowest BCUT2D eigenvalue weighted by Crippen LogP contribution is -2.49. The van der Waals surface area contributed by atoms with E-state index in [1.54, 1.807) is 26.0 Å². The molecule has 24 heavy (non-hydrogen) atoms. The molecular formula is C20H19FO3. The van der Waals surface area contributed by atoms with E-state index in [1.807, 2.05) is 6.08 Å². The highest BCUT2D eigenvalue weighted by atomic mass is 19.1. The van der Waals surface area contributed by atoms with Crippen LogP contribution in [0.3, 0.4) is 0 Å². The topological polar surface area (TPSA) is 54.4 Å². The minimum Gasteiger partial charge on any atom is -0.505 e. The number of benzene rings is 1. The van der Waals surface area contributed by atoms with E-state index in [0.717, 1.165) is 5.57 Å². The number of hydrogen-bond acceptors (Lipinski definition) is 3. The fourth-order valence-electron chi connectivity index (χ4n) is 4.00. The zero-order valence-electron chi connectivity index (χ0n) is 13.7. The first-order valence-electron chi connectivity index (χ1n) is 7.88. The number of phenolic OH excluding ortho intramolecular Hbond substituents is 1. The third-order valence-electron chi connectivity index (χ3n) is 5.37. The van der Waals surface area contributed by atoms with Crippen LogP contribution in [0.2, 0.25) is 0 Å². The SMILES string of the molecule is C=CC1=CCC2C(=O)C(C)=CC(=O)C2(C)C1c1ccc(O)c(F)c1. The predicted octanol–water partition coefficient (Wildman–Crippen LogP) is 3.85. The van der Waals surface area contributed by atoms with Gasteiger partial charge in [0, 0.05) is 11.8 Å². The van der Waals surface area contributed by atoms with Crippen molar-refractivity contribution < 1.29 is 19.1 Å². The van der Waals surface area contributed by atoms with Crippen LogP contribution in [0, 0.1) is 17.2 Å². The summed E-state index contributed by atoms with van der Waals surface area (Å²) in [4.78, 5) is 25.5. The Balaban J connectivity index is 2.23. The molecule has 0 spiro atoms. The Labute approximate surface area is 140 Å². The summed E-state index contributed by atoms with van der Waals surface area (Å²) < 4.78 is 13.9. The monoisotopic (exact) mass is 326 g/mol. The van der Waals surface area contributed by atoms with E-state index in [-0.39, 0.29) is 11.6 Å². The molecule has 1 N–H and O–H groups in total. The van der Waals surface area contributed by atoms with Gasteiger partial charge < -0.3 is 5.11 Å². The van der Waals surface area contributed by atoms with Gasteiger partial charge in [0.1, 0.15) is 0 Å². The van der Waals surface area contributed by atoms with Gasteiger partial charge in [-0.1, -0.05) is 31.7 Å². The second kappa shape index (κ2) is 5.55. The van der Waals surface area contributed by atoms with Crippen molar-refractivity contribution in [1.29, 1.82) is 0 Å². The summed E-state index contributed by atoms with van der Waals surface area (Å²) in [6.07, 6.45) is 5.41. The molecule has 3 unspecified atom stereocenters. The van der Waals surface area contributed by atoms with Crippen molar-refractivity contribution in [2.75, 3.05) is 0 Å². The fourth-order valence-corrected chi connectivity index (χ4v) is 4.00. The molecule has 0 saturated carbocycles. The summed E-state index contributed by atoms with van der Waals surface area (Å²) in [5.74, 6) is -2.31.